The summed E-state index contributed by atoms with van der Waals surface area (Å²) in [5, 5.41) is 6.06. The van der Waals surface area contributed by atoms with Gasteiger partial charge in [0.15, 0.2) is 11.0 Å². The van der Waals surface area contributed by atoms with Gasteiger partial charge in [0, 0.05) is 13.0 Å². The van der Waals surface area contributed by atoms with Gasteiger partial charge in [-0.25, -0.2) is 14.8 Å². The minimum absolute atomic E-state index is 0.131. The number of ether oxygens (including phenoxy) is 1. The van der Waals surface area contributed by atoms with Crippen molar-refractivity contribution in [3.8, 4) is 0 Å². The molecule has 0 aliphatic heterocycles. The van der Waals surface area contributed by atoms with Crippen LogP contribution in [-0.2, 0) is 16.1 Å². The Morgan fingerprint density at radius 2 is 1.92 bits per heavy atom. The monoisotopic (exact) mass is 376 g/mol. The van der Waals surface area contributed by atoms with E-state index < -0.39 is 0 Å². The SMILES string of the molecule is CCCCC(=O)Nc1c(Cl)ncnc1NCc1ccc(C(=O)OC)cc1. The number of rotatable bonds is 8. The summed E-state index contributed by atoms with van der Waals surface area (Å²) in [5.41, 5.74) is 1.77. The number of benzene rings is 1. The summed E-state index contributed by atoms with van der Waals surface area (Å²) < 4.78 is 4.67. The largest absolute Gasteiger partial charge is 0.465 e. The molecule has 0 fully saturated rings. The Bertz CT molecular complexity index is 766. The Labute approximate surface area is 157 Å². The third kappa shape index (κ3) is 5.42. The summed E-state index contributed by atoms with van der Waals surface area (Å²) in [7, 11) is 1.34. The molecular weight excluding hydrogens is 356 g/mol. The number of anilines is 2. The third-order valence-electron chi connectivity index (χ3n) is 3.66. The van der Waals surface area contributed by atoms with Gasteiger partial charge >= 0.3 is 5.97 Å². The molecule has 1 aromatic heterocycles. The second-order valence-corrected chi connectivity index (χ2v) is 5.94. The number of amides is 1. The van der Waals surface area contributed by atoms with E-state index in [1.807, 2.05) is 19.1 Å². The van der Waals surface area contributed by atoms with E-state index >= 15 is 0 Å². The van der Waals surface area contributed by atoms with Crippen LogP contribution < -0.4 is 10.6 Å². The molecule has 138 valence electrons. The fourth-order valence-corrected chi connectivity index (χ4v) is 2.39. The van der Waals surface area contributed by atoms with Crippen molar-refractivity contribution >= 4 is 35.0 Å². The van der Waals surface area contributed by atoms with Gasteiger partial charge in [-0.15, -0.1) is 0 Å². The van der Waals surface area contributed by atoms with Crippen LogP contribution in [0, 0.1) is 0 Å². The lowest BCUT2D eigenvalue weighted by Gasteiger charge is -2.13. The molecule has 0 saturated heterocycles. The normalized spacial score (nSPS) is 10.3. The maximum Gasteiger partial charge on any atom is 0.337 e. The molecule has 7 nitrogen and oxygen atoms in total. The van der Waals surface area contributed by atoms with Crippen molar-refractivity contribution in [3.63, 3.8) is 0 Å². The highest BCUT2D eigenvalue weighted by Gasteiger charge is 2.13. The summed E-state index contributed by atoms with van der Waals surface area (Å²) in [4.78, 5) is 31.5. The number of aromatic nitrogens is 2. The number of nitrogens with one attached hydrogen (secondary N) is 2. The lowest BCUT2D eigenvalue weighted by molar-refractivity contribution is -0.116. The van der Waals surface area contributed by atoms with Crippen LogP contribution in [0.25, 0.3) is 0 Å². The summed E-state index contributed by atoms with van der Waals surface area (Å²) in [6.45, 7) is 2.46. The molecule has 0 bridgehead atoms. The van der Waals surface area contributed by atoms with Gasteiger partial charge in [-0.1, -0.05) is 37.1 Å². The number of methoxy groups -OCH3 is 1. The topological polar surface area (TPSA) is 93.2 Å². The molecule has 1 heterocycles. The van der Waals surface area contributed by atoms with Crippen LogP contribution in [0.4, 0.5) is 11.5 Å². The predicted molar refractivity (Wildman–Crippen MR) is 100 cm³/mol. The highest BCUT2D eigenvalue weighted by atomic mass is 35.5. The second-order valence-electron chi connectivity index (χ2n) is 5.58. The second kappa shape index (κ2) is 9.72. The lowest BCUT2D eigenvalue weighted by Crippen LogP contribution is -2.15. The van der Waals surface area contributed by atoms with Gasteiger partial charge in [-0.2, -0.15) is 0 Å². The average Bonchev–Trinajstić information content (AvgIpc) is 2.66. The van der Waals surface area contributed by atoms with Crippen molar-refractivity contribution in [2.75, 3.05) is 17.7 Å². The van der Waals surface area contributed by atoms with Gasteiger partial charge in [0.1, 0.15) is 12.0 Å². The minimum Gasteiger partial charge on any atom is -0.465 e. The number of halogens is 1. The van der Waals surface area contributed by atoms with Crippen LogP contribution in [0.1, 0.15) is 42.1 Å². The first kappa shape index (κ1) is 19.7. The molecular formula is C18H21ClN4O3. The van der Waals surface area contributed by atoms with Gasteiger partial charge in [-0.3, -0.25) is 4.79 Å². The summed E-state index contributed by atoms with van der Waals surface area (Å²) in [6.07, 6.45) is 3.47. The Morgan fingerprint density at radius 3 is 2.58 bits per heavy atom. The number of carbonyl (C=O) groups is 2. The number of hydrogen-bond donors (Lipinski definition) is 2. The Kier molecular flexibility index (Phi) is 7.35. The van der Waals surface area contributed by atoms with E-state index in [1.54, 1.807) is 12.1 Å². The Hall–Kier alpha value is -2.67. The van der Waals surface area contributed by atoms with Crippen LogP contribution in [0.15, 0.2) is 30.6 Å². The van der Waals surface area contributed by atoms with E-state index in [9.17, 15) is 9.59 Å². The molecule has 0 spiro atoms. The molecule has 0 unspecified atom stereocenters. The zero-order valence-electron chi connectivity index (χ0n) is 14.7. The van der Waals surface area contributed by atoms with Crippen molar-refractivity contribution < 1.29 is 14.3 Å². The fourth-order valence-electron chi connectivity index (χ4n) is 2.21. The average molecular weight is 377 g/mol. The van der Waals surface area contributed by atoms with Crippen LogP contribution in [-0.4, -0.2) is 29.0 Å². The van der Waals surface area contributed by atoms with E-state index in [1.165, 1.54) is 13.4 Å². The van der Waals surface area contributed by atoms with Crippen LogP contribution in [0.2, 0.25) is 5.15 Å². The van der Waals surface area contributed by atoms with Crippen LogP contribution in [0.5, 0.6) is 0 Å². The molecule has 26 heavy (non-hydrogen) atoms. The maximum absolute atomic E-state index is 12.0. The van der Waals surface area contributed by atoms with Crippen molar-refractivity contribution in [2.45, 2.75) is 32.7 Å². The van der Waals surface area contributed by atoms with Crippen LogP contribution >= 0.6 is 11.6 Å². The molecule has 0 saturated carbocycles. The molecule has 0 atom stereocenters. The van der Waals surface area contributed by atoms with E-state index in [0.29, 0.717) is 30.0 Å². The first-order chi connectivity index (χ1) is 12.5. The summed E-state index contributed by atoms with van der Waals surface area (Å²) in [5.74, 6) is -0.0786. The maximum atomic E-state index is 12.0. The molecule has 2 N–H and O–H groups in total. The smallest absolute Gasteiger partial charge is 0.337 e. The zero-order valence-corrected chi connectivity index (χ0v) is 15.5. The molecule has 0 aliphatic rings. The van der Waals surface area contributed by atoms with Crippen molar-refractivity contribution in [1.82, 2.24) is 9.97 Å². The number of unbranched alkanes of at least 4 members (excludes halogenated alkanes) is 1. The number of nitrogens with zero attached hydrogens (tertiary/aromatic N) is 2. The van der Waals surface area contributed by atoms with Gasteiger partial charge < -0.3 is 15.4 Å². The zero-order chi connectivity index (χ0) is 18.9. The van der Waals surface area contributed by atoms with Crippen molar-refractivity contribution in [2.24, 2.45) is 0 Å². The summed E-state index contributed by atoms with van der Waals surface area (Å²) >= 11 is 6.10. The van der Waals surface area contributed by atoms with Crippen molar-refractivity contribution in [1.29, 1.82) is 0 Å². The molecule has 8 heteroatoms. The Morgan fingerprint density at radius 1 is 1.19 bits per heavy atom. The van der Waals surface area contributed by atoms with Gasteiger partial charge in [-0.05, 0) is 24.1 Å². The molecule has 2 aromatic rings. The van der Waals surface area contributed by atoms with Gasteiger partial charge in [0.25, 0.3) is 0 Å². The van der Waals surface area contributed by atoms with Gasteiger partial charge in [0.2, 0.25) is 5.91 Å². The van der Waals surface area contributed by atoms with E-state index in [2.05, 4.69) is 25.3 Å². The third-order valence-corrected chi connectivity index (χ3v) is 3.94. The minimum atomic E-state index is -0.385. The van der Waals surface area contributed by atoms with E-state index in [-0.39, 0.29) is 17.0 Å². The highest BCUT2D eigenvalue weighted by Crippen LogP contribution is 2.27. The summed E-state index contributed by atoms with van der Waals surface area (Å²) in [6, 6.07) is 6.98. The van der Waals surface area contributed by atoms with Crippen molar-refractivity contribution in [3.05, 3.63) is 46.9 Å². The van der Waals surface area contributed by atoms with Crippen LogP contribution in [0.3, 0.4) is 0 Å². The molecule has 1 aromatic carbocycles. The highest BCUT2D eigenvalue weighted by molar-refractivity contribution is 6.33. The number of esters is 1. The fraction of sp³-hybridized carbons (Fsp3) is 0.333. The predicted octanol–water partition coefficient (Wildman–Crippen LogP) is 3.66. The molecule has 1 amide bonds. The molecule has 0 aliphatic carbocycles. The molecule has 2 rings (SSSR count). The number of carbonyl (C=O) groups excluding carboxylic acids is 2. The lowest BCUT2D eigenvalue weighted by atomic mass is 10.1. The quantitative estimate of drug-likeness (QED) is 0.539. The van der Waals surface area contributed by atoms with Gasteiger partial charge in [0.05, 0.1) is 12.7 Å². The first-order valence-corrected chi connectivity index (χ1v) is 8.64. The Balaban J connectivity index is 2.06. The first-order valence-electron chi connectivity index (χ1n) is 8.26. The standard InChI is InChI=1S/C18H21ClN4O3/c1-3-4-5-14(24)23-15-16(19)21-11-22-17(15)20-10-12-6-8-13(9-7-12)18(25)26-2/h6-9,11H,3-5,10H2,1-2H3,(H,23,24)(H,20,21,22). The van der Waals surface area contributed by atoms with E-state index in [0.717, 1.165) is 18.4 Å². The number of hydrogen-bond acceptors (Lipinski definition) is 6. The molecule has 0 radical (unpaired) electrons. The van der Waals surface area contributed by atoms with E-state index in [4.69, 9.17) is 11.6 Å².